The summed E-state index contributed by atoms with van der Waals surface area (Å²) in [5.41, 5.74) is 0.738. The molecule has 1 aromatic heterocycles. The number of methoxy groups -OCH3 is 2. The fraction of sp³-hybridized carbons (Fsp3) is 0.286. The summed E-state index contributed by atoms with van der Waals surface area (Å²) >= 11 is 5.09. The first-order chi connectivity index (χ1) is 9.17. The Bertz CT molecular complexity index is 553. The molecule has 0 saturated carbocycles. The molecule has 1 heterocycles. The van der Waals surface area contributed by atoms with Crippen LogP contribution in [-0.2, 0) is 6.42 Å². The van der Waals surface area contributed by atoms with Crippen LogP contribution >= 0.6 is 27.3 Å². The molecule has 1 N–H and O–H groups in total. The number of benzene rings is 1. The molecule has 0 fully saturated rings. The summed E-state index contributed by atoms with van der Waals surface area (Å²) in [7, 11) is 3.17. The highest BCUT2D eigenvalue weighted by atomic mass is 79.9. The molecule has 0 spiro atoms. The van der Waals surface area contributed by atoms with Crippen molar-refractivity contribution in [3.05, 3.63) is 44.6 Å². The average molecular weight is 343 g/mol. The van der Waals surface area contributed by atoms with E-state index < -0.39 is 6.10 Å². The van der Waals surface area contributed by atoms with E-state index in [4.69, 9.17) is 9.47 Å². The second-order valence-corrected chi connectivity index (χ2v) is 5.85. The lowest BCUT2D eigenvalue weighted by atomic mass is 10.0. The minimum Gasteiger partial charge on any atom is -0.493 e. The number of aliphatic hydroxyl groups excluding tert-OH is 1. The minimum atomic E-state index is -0.625. The van der Waals surface area contributed by atoms with Crippen LogP contribution < -0.4 is 9.47 Å². The molecule has 0 aliphatic carbocycles. The normalized spacial score (nSPS) is 12.2. The quantitative estimate of drug-likeness (QED) is 0.897. The Morgan fingerprint density at radius 2 is 2.05 bits per heavy atom. The van der Waals surface area contributed by atoms with Crippen molar-refractivity contribution >= 4 is 27.3 Å². The van der Waals surface area contributed by atoms with Crippen LogP contribution in [0.4, 0.5) is 0 Å². The molecule has 1 unspecified atom stereocenters. The number of hydrogen-bond donors (Lipinski definition) is 1. The smallest absolute Gasteiger partial charge is 0.166 e. The minimum absolute atomic E-state index is 0.543. The van der Waals surface area contributed by atoms with Gasteiger partial charge in [0.1, 0.15) is 0 Å². The fourth-order valence-corrected chi connectivity index (χ4v) is 3.48. The third-order valence-corrected chi connectivity index (χ3v) is 4.81. The van der Waals surface area contributed by atoms with Gasteiger partial charge in [0.25, 0.3) is 0 Å². The standard InChI is InChI=1S/C14H15BrO3S/c1-17-12-5-3-4-9(14(12)18-2)11(16)8-13-10(15)6-7-19-13/h3-7,11,16H,8H2,1-2H3. The largest absolute Gasteiger partial charge is 0.493 e. The van der Waals surface area contributed by atoms with E-state index in [1.807, 2.05) is 29.6 Å². The first kappa shape index (κ1) is 14.4. The number of ether oxygens (including phenoxy) is 2. The number of thiophene rings is 1. The van der Waals surface area contributed by atoms with E-state index in [-0.39, 0.29) is 0 Å². The maximum atomic E-state index is 10.4. The highest BCUT2D eigenvalue weighted by Crippen LogP contribution is 2.37. The SMILES string of the molecule is COc1cccc(C(O)Cc2sccc2Br)c1OC. The van der Waals surface area contributed by atoms with Crippen molar-refractivity contribution in [2.75, 3.05) is 14.2 Å². The lowest BCUT2D eigenvalue weighted by molar-refractivity contribution is 0.173. The third-order valence-electron chi connectivity index (χ3n) is 2.86. The molecule has 0 saturated heterocycles. The Balaban J connectivity index is 2.28. The fourth-order valence-electron chi connectivity index (χ4n) is 1.93. The molecule has 102 valence electrons. The van der Waals surface area contributed by atoms with Gasteiger partial charge in [0.2, 0.25) is 0 Å². The van der Waals surface area contributed by atoms with Crippen LogP contribution in [0.15, 0.2) is 34.1 Å². The van der Waals surface area contributed by atoms with Gasteiger partial charge in [-0.3, -0.25) is 0 Å². The number of halogens is 1. The maximum Gasteiger partial charge on any atom is 0.166 e. The van der Waals surface area contributed by atoms with Gasteiger partial charge < -0.3 is 14.6 Å². The summed E-state index contributed by atoms with van der Waals surface area (Å²) in [6.07, 6.45) is -0.0816. The number of rotatable bonds is 5. The molecular formula is C14H15BrO3S. The van der Waals surface area contributed by atoms with Crippen LogP contribution in [0.25, 0.3) is 0 Å². The Morgan fingerprint density at radius 1 is 1.26 bits per heavy atom. The van der Waals surface area contributed by atoms with Crippen molar-refractivity contribution < 1.29 is 14.6 Å². The molecule has 0 aliphatic rings. The molecule has 1 aromatic carbocycles. The molecule has 19 heavy (non-hydrogen) atoms. The van der Waals surface area contributed by atoms with Gasteiger partial charge in [-0.15, -0.1) is 11.3 Å². The van der Waals surface area contributed by atoms with Gasteiger partial charge in [-0.25, -0.2) is 0 Å². The van der Waals surface area contributed by atoms with E-state index in [1.54, 1.807) is 25.6 Å². The second kappa shape index (κ2) is 6.41. The third kappa shape index (κ3) is 3.11. The zero-order valence-corrected chi connectivity index (χ0v) is 13.1. The van der Waals surface area contributed by atoms with E-state index in [0.717, 1.165) is 14.9 Å². The summed E-state index contributed by atoms with van der Waals surface area (Å²) in [5, 5.41) is 12.4. The maximum absolute atomic E-state index is 10.4. The summed E-state index contributed by atoms with van der Waals surface area (Å²) < 4.78 is 11.6. The summed E-state index contributed by atoms with van der Waals surface area (Å²) in [5.74, 6) is 1.22. The number of hydrogen-bond acceptors (Lipinski definition) is 4. The average Bonchev–Trinajstić information content (AvgIpc) is 2.83. The Kier molecular flexibility index (Phi) is 4.85. The van der Waals surface area contributed by atoms with Crippen molar-refractivity contribution in [2.24, 2.45) is 0 Å². The predicted octanol–water partition coefficient (Wildman–Crippen LogP) is 3.80. The molecule has 2 aromatic rings. The van der Waals surface area contributed by atoms with Crippen LogP contribution in [0.3, 0.4) is 0 Å². The summed E-state index contributed by atoms with van der Waals surface area (Å²) in [6, 6.07) is 7.50. The van der Waals surface area contributed by atoms with Crippen molar-refractivity contribution in [1.82, 2.24) is 0 Å². The molecule has 5 heteroatoms. The van der Waals surface area contributed by atoms with Crippen LogP contribution in [0.1, 0.15) is 16.5 Å². The first-order valence-electron chi connectivity index (χ1n) is 5.78. The summed E-state index contributed by atoms with van der Waals surface area (Å²) in [4.78, 5) is 1.11. The molecule has 2 rings (SSSR count). The molecular weight excluding hydrogens is 328 g/mol. The van der Waals surface area contributed by atoms with E-state index >= 15 is 0 Å². The van der Waals surface area contributed by atoms with Gasteiger partial charge in [-0.2, -0.15) is 0 Å². The zero-order valence-electron chi connectivity index (χ0n) is 10.7. The number of para-hydroxylation sites is 1. The first-order valence-corrected chi connectivity index (χ1v) is 7.45. The van der Waals surface area contributed by atoms with Gasteiger partial charge in [0.05, 0.1) is 20.3 Å². The lowest BCUT2D eigenvalue weighted by Crippen LogP contribution is -2.04. The number of aliphatic hydroxyl groups is 1. The molecule has 0 bridgehead atoms. The predicted molar refractivity (Wildman–Crippen MR) is 80.2 cm³/mol. The monoisotopic (exact) mass is 342 g/mol. The van der Waals surface area contributed by atoms with Gasteiger partial charge in [-0.1, -0.05) is 12.1 Å². The summed E-state index contributed by atoms with van der Waals surface area (Å²) in [6.45, 7) is 0. The molecule has 0 aliphatic heterocycles. The van der Waals surface area contributed by atoms with Crippen molar-refractivity contribution in [2.45, 2.75) is 12.5 Å². The Morgan fingerprint density at radius 3 is 2.63 bits per heavy atom. The second-order valence-electron chi connectivity index (χ2n) is 3.99. The van der Waals surface area contributed by atoms with Crippen LogP contribution in [0.5, 0.6) is 11.5 Å². The van der Waals surface area contributed by atoms with Crippen LogP contribution in [0.2, 0.25) is 0 Å². The van der Waals surface area contributed by atoms with E-state index in [1.165, 1.54) is 0 Å². The highest BCUT2D eigenvalue weighted by molar-refractivity contribution is 9.10. The van der Waals surface area contributed by atoms with Crippen LogP contribution in [0, 0.1) is 0 Å². The Labute approximate surface area is 124 Å². The van der Waals surface area contributed by atoms with Crippen molar-refractivity contribution in [3.63, 3.8) is 0 Å². The van der Waals surface area contributed by atoms with Crippen LogP contribution in [-0.4, -0.2) is 19.3 Å². The van der Waals surface area contributed by atoms with E-state index in [9.17, 15) is 5.11 Å². The van der Waals surface area contributed by atoms with Gasteiger partial charge in [0.15, 0.2) is 11.5 Å². The van der Waals surface area contributed by atoms with Gasteiger partial charge >= 0.3 is 0 Å². The lowest BCUT2D eigenvalue weighted by Gasteiger charge is -2.16. The molecule has 0 radical (unpaired) electrons. The Hall–Kier alpha value is -1.04. The topological polar surface area (TPSA) is 38.7 Å². The van der Waals surface area contributed by atoms with Crippen molar-refractivity contribution in [3.8, 4) is 11.5 Å². The van der Waals surface area contributed by atoms with Crippen molar-refractivity contribution in [1.29, 1.82) is 0 Å². The van der Waals surface area contributed by atoms with Gasteiger partial charge in [0, 0.05) is 21.3 Å². The van der Waals surface area contributed by atoms with Gasteiger partial charge in [-0.05, 0) is 33.4 Å². The molecule has 1 atom stereocenters. The highest BCUT2D eigenvalue weighted by Gasteiger charge is 2.18. The molecule has 0 amide bonds. The van der Waals surface area contributed by atoms with E-state index in [0.29, 0.717) is 17.9 Å². The zero-order chi connectivity index (χ0) is 13.8. The van der Waals surface area contributed by atoms with E-state index in [2.05, 4.69) is 15.9 Å². The molecule has 3 nitrogen and oxygen atoms in total.